The maximum Gasteiger partial charge on any atom is 0.251 e. The van der Waals surface area contributed by atoms with Gasteiger partial charge in [-0.2, -0.15) is 0 Å². The monoisotopic (exact) mass is 421 g/mol. The molecule has 0 spiro atoms. The van der Waals surface area contributed by atoms with E-state index >= 15 is 0 Å². The lowest BCUT2D eigenvalue weighted by Gasteiger charge is -2.28. The van der Waals surface area contributed by atoms with Crippen LogP contribution >= 0.6 is 0 Å². The molecule has 5 heteroatoms. The molecule has 2 aromatic rings. The first-order chi connectivity index (χ1) is 14.8. The summed E-state index contributed by atoms with van der Waals surface area (Å²) in [4.78, 5) is 27.7. The van der Waals surface area contributed by atoms with Crippen LogP contribution in [0.2, 0.25) is 0 Å². The van der Waals surface area contributed by atoms with Crippen molar-refractivity contribution in [3.05, 3.63) is 71.3 Å². The Labute approximate surface area is 186 Å². The van der Waals surface area contributed by atoms with Gasteiger partial charge in [-0.15, -0.1) is 0 Å². The van der Waals surface area contributed by atoms with Gasteiger partial charge in [0.25, 0.3) is 5.91 Å². The molecule has 0 radical (unpaired) electrons. The van der Waals surface area contributed by atoms with Gasteiger partial charge in [-0.3, -0.25) is 14.5 Å². The van der Waals surface area contributed by atoms with Crippen LogP contribution in [0.4, 0.5) is 0 Å². The van der Waals surface area contributed by atoms with E-state index in [-0.39, 0.29) is 23.3 Å². The summed E-state index contributed by atoms with van der Waals surface area (Å²) in [5.74, 6) is -0.401. The molecule has 0 aromatic heterocycles. The standard InChI is InChI=1S/C26H35N3O2/c1-19(28-25(31)21-12-14-22(15-13-21)26(2,3)4)24(30)27-18-23(29-16-8-9-17-29)20-10-6-5-7-11-20/h5-7,10-15,19,23H,8-9,16-18H2,1-4H3,(H,27,30)(H,28,31). The van der Waals surface area contributed by atoms with Crippen LogP contribution in [0.1, 0.15) is 68.1 Å². The van der Waals surface area contributed by atoms with Crippen molar-refractivity contribution in [2.45, 2.75) is 58.0 Å². The van der Waals surface area contributed by atoms with Crippen LogP contribution in [0.15, 0.2) is 54.6 Å². The number of likely N-dealkylation sites (tertiary alicyclic amines) is 1. The molecule has 5 nitrogen and oxygen atoms in total. The maximum atomic E-state index is 12.7. The smallest absolute Gasteiger partial charge is 0.251 e. The van der Waals surface area contributed by atoms with E-state index in [0.29, 0.717) is 12.1 Å². The number of amides is 2. The summed E-state index contributed by atoms with van der Waals surface area (Å²) in [5.41, 5.74) is 2.98. The van der Waals surface area contributed by atoms with Crippen molar-refractivity contribution in [3.63, 3.8) is 0 Å². The summed E-state index contributed by atoms with van der Waals surface area (Å²) >= 11 is 0. The lowest BCUT2D eigenvalue weighted by molar-refractivity contribution is -0.122. The van der Waals surface area contributed by atoms with Crippen LogP contribution in [0.3, 0.4) is 0 Å². The molecule has 1 heterocycles. The quantitative estimate of drug-likeness (QED) is 0.709. The molecule has 0 bridgehead atoms. The summed E-state index contributed by atoms with van der Waals surface area (Å²) in [5, 5.41) is 5.87. The van der Waals surface area contributed by atoms with Crippen LogP contribution in [-0.2, 0) is 10.2 Å². The molecule has 0 aliphatic carbocycles. The second-order valence-electron chi connectivity index (χ2n) is 9.44. The molecule has 1 aliphatic heterocycles. The van der Waals surface area contributed by atoms with E-state index in [1.165, 1.54) is 24.0 Å². The van der Waals surface area contributed by atoms with Gasteiger partial charge in [-0.1, -0.05) is 63.2 Å². The molecule has 1 saturated heterocycles. The predicted molar refractivity (Wildman–Crippen MR) is 125 cm³/mol. The zero-order valence-corrected chi connectivity index (χ0v) is 19.2. The number of rotatable bonds is 7. The Bertz CT molecular complexity index is 866. The minimum Gasteiger partial charge on any atom is -0.352 e. The minimum absolute atomic E-state index is 0.0345. The Morgan fingerprint density at radius 1 is 0.968 bits per heavy atom. The Morgan fingerprint density at radius 3 is 2.16 bits per heavy atom. The van der Waals surface area contributed by atoms with Gasteiger partial charge in [0, 0.05) is 12.1 Å². The highest BCUT2D eigenvalue weighted by Crippen LogP contribution is 2.24. The van der Waals surface area contributed by atoms with Gasteiger partial charge in [0.2, 0.25) is 5.91 Å². The normalized spacial score (nSPS) is 16.5. The lowest BCUT2D eigenvalue weighted by Crippen LogP contribution is -2.47. The summed E-state index contributed by atoms with van der Waals surface area (Å²) in [6.07, 6.45) is 2.38. The molecule has 3 rings (SSSR count). The zero-order chi connectivity index (χ0) is 22.4. The number of benzene rings is 2. The number of hydrogen-bond acceptors (Lipinski definition) is 3. The van der Waals surface area contributed by atoms with E-state index in [2.05, 4.69) is 48.4 Å². The van der Waals surface area contributed by atoms with Crippen LogP contribution < -0.4 is 10.6 Å². The van der Waals surface area contributed by atoms with Crippen LogP contribution in [0, 0.1) is 0 Å². The molecule has 2 unspecified atom stereocenters. The third kappa shape index (κ3) is 6.17. The highest BCUT2D eigenvalue weighted by molar-refractivity contribution is 5.97. The van der Waals surface area contributed by atoms with Crippen molar-refractivity contribution >= 4 is 11.8 Å². The fourth-order valence-electron chi connectivity index (χ4n) is 4.00. The van der Waals surface area contributed by atoms with Gasteiger partial charge in [0.1, 0.15) is 6.04 Å². The molecule has 2 amide bonds. The summed E-state index contributed by atoms with van der Waals surface area (Å²) in [6, 6.07) is 17.4. The molecule has 166 valence electrons. The van der Waals surface area contributed by atoms with Gasteiger partial charge in [0.05, 0.1) is 6.04 Å². The molecule has 2 aromatic carbocycles. The van der Waals surface area contributed by atoms with Crippen molar-refractivity contribution in [1.29, 1.82) is 0 Å². The van der Waals surface area contributed by atoms with E-state index in [4.69, 9.17) is 0 Å². The zero-order valence-electron chi connectivity index (χ0n) is 19.2. The maximum absolute atomic E-state index is 12.7. The van der Waals surface area contributed by atoms with Gasteiger partial charge in [-0.05, 0) is 61.5 Å². The number of nitrogens with one attached hydrogen (secondary N) is 2. The van der Waals surface area contributed by atoms with Crippen molar-refractivity contribution in [2.24, 2.45) is 0 Å². The van der Waals surface area contributed by atoms with E-state index in [9.17, 15) is 9.59 Å². The second-order valence-corrected chi connectivity index (χ2v) is 9.44. The van der Waals surface area contributed by atoms with Gasteiger partial charge < -0.3 is 10.6 Å². The summed E-state index contributed by atoms with van der Waals surface area (Å²) in [6.45, 7) is 10.8. The highest BCUT2D eigenvalue weighted by atomic mass is 16.2. The third-order valence-corrected chi connectivity index (χ3v) is 5.99. The average Bonchev–Trinajstić information content (AvgIpc) is 3.28. The SMILES string of the molecule is CC(NC(=O)c1ccc(C(C)(C)C)cc1)C(=O)NCC(c1ccccc1)N1CCCC1. The average molecular weight is 422 g/mol. The predicted octanol–water partition coefficient (Wildman–Crippen LogP) is 4.06. The molecule has 2 atom stereocenters. The van der Waals surface area contributed by atoms with Crippen molar-refractivity contribution in [1.82, 2.24) is 15.5 Å². The second kappa shape index (κ2) is 10.1. The molecular formula is C26H35N3O2. The van der Waals surface area contributed by atoms with Crippen LogP contribution in [0.5, 0.6) is 0 Å². The van der Waals surface area contributed by atoms with Crippen LogP contribution in [0.25, 0.3) is 0 Å². The largest absolute Gasteiger partial charge is 0.352 e. The van der Waals surface area contributed by atoms with Crippen LogP contribution in [-0.4, -0.2) is 42.4 Å². The number of carbonyl (C=O) groups is 2. The van der Waals surface area contributed by atoms with E-state index in [0.717, 1.165) is 13.1 Å². The van der Waals surface area contributed by atoms with E-state index in [1.54, 1.807) is 6.92 Å². The molecule has 31 heavy (non-hydrogen) atoms. The number of hydrogen-bond donors (Lipinski definition) is 2. The molecule has 1 aliphatic rings. The molecule has 2 N–H and O–H groups in total. The van der Waals surface area contributed by atoms with Crippen molar-refractivity contribution in [3.8, 4) is 0 Å². The van der Waals surface area contributed by atoms with E-state index < -0.39 is 6.04 Å². The van der Waals surface area contributed by atoms with Gasteiger partial charge in [-0.25, -0.2) is 0 Å². The molecular weight excluding hydrogens is 386 g/mol. The lowest BCUT2D eigenvalue weighted by atomic mass is 9.86. The van der Waals surface area contributed by atoms with Crippen molar-refractivity contribution < 1.29 is 9.59 Å². The van der Waals surface area contributed by atoms with Crippen molar-refractivity contribution in [2.75, 3.05) is 19.6 Å². The number of carbonyl (C=O) groups excluding carboxylic acids is 2. The molecule has 1 fully saturated rings. The molecule has 0 saturated carbocycles. The van der Waals surface area contributed by atoms with E-state index in [1.807, 2.05) is 42.5 Å². The topological polar surface area (TPSA) is 61.4 Å². The summed E-state index contributed by atoms with van der Waals surface area (Å²) in [7, 11) is 0. The fourth-order valence-corrected chi connectivity index (χ4v) is 4.00. The Kier molecular flexibility index (Phi) is 7.50. The first kappa shape index (κ1) is 23.0. The highest BCUT2D eigenvalue weighted by Gasteiger charge is 2.25. The number of nitrogens with zero attached hydrogens (tertiary/aromatic N) is 1. The fraction of sp³-hybridized carbons (Fsp3) is 0.462. The minimum atomic E-state index is -0.607. The first-order valence-electron chi connectivity index (χ1n) is 11.2. The summed E-state index contributed by atoms with van der Waals surface area (Å²) < 4.78 is 0. The van der Waals surface area contributed by atoms with Gasteiger partial charge in [0.15, 0.2) is 0 Å². The van der Waals surface area contributed by atoms with Gasteiger partial charge >= 0.3 is 0 Å². The Morgan fingerprint density at radius 2 is 1.58 bits per heavy atom. The first-order valence-corrected chi connectivity index (χ1v) is 11.2. The third-order valence-electron chi connectivity index (χ3n) is 5.99. The Balaban J connectivity index is 1.57. The Hall–Kier alpha value is -2.66.